The molecule has 0 N–H and O–H groups in total. The van der Waals surface area contributed by atoms with E-state index in [0.29, 0.717) is 71.5 Å². The van der Waals surface area contributed by atoms with Gasteiger partial charge in [0.1, 0.15) is 0 Å². The van der Waals surface area contributed by atoms with Crippen molar-refractivity contribution in [1.29, 1.82) is 0 Å². The van der Waals surface area contributed by atoms with E-state index in [4.69, 9.17) is 9.47 Å². The highest BCUT2D eigenvalue weighted by molar-refractivity contribution is 5.78. The molecule has 2 aliphatic rings. The summed E-state index contributed by atoms with van der Waals surface area (Å²) in [7, 11) is 0. The summed E-state index contributed by atoms with van der Waals surface area (Å²) in [4.78, 5) is 41.1. The summed E-state index contributed by atoms with van der Waals surface area (Å²) in [5.41, 5.74) is 2.85. The highest BCUT2D eigenvalue weighted by atomic mass is 16.5. The predicted molar refractivity (Wildman–Crippen MR) is 123 cm³/mol. The maximum absolute atomic E-state index is 12.9. The van der Waals surface area contributed by atoms with E-state index >= 15 is 0 Å². The highest BCUT2D eigenvalue weighted by Crippen LogP contribution is 2.36. The number of hydrogen-bond donors (Lipinski definition) is 0. The van der Waals surface area contributed by atoms with Gasteiger partial charge in [-0.15, -0.1) is 0 Å². The van der Waals surface area contributed by atoms with Gasteiger partial charge in [-0.3, -0.25) is 19.1 Å². The van der Waals surface area contributed by atoms with Crippen LogP contribution in [-0.2, 0) is 36.8 Å². The average Bonchev–Trinajstić information content (AvgIpc) is 3.09. The first kappa shape index (κ1) is 25.2. The van der Waals surface area contributed by atoms with Gasteiger partial charge in [0.2, 0.25) is 11.8 Å². The lowest BCUT2D eigenvalue weighted by Gasteiger charge is -2.42. The van der Waals surface area contributed by atoms with E-state index in [-0.39, 0.29) is 24.4 Å². The van der Waals surface area contributed by atoms with Gasteiger partial charge < -0.3 is 19.3 Å². The Balaban J connectivity index is 1.58. The average molecular weight is 463 g/mol. The van der Waals surface area contributed by atoms with Crippen LogP contribution in [0.1, 0.15) is 56.5 Å². The van der Waals surface area contributed by atoms with Crippen LogP contribution in [0.15, 0.2) is 0 Å². The van der Waals surface area contributed by atoms with Gasteiger partial charge in [0.05, 0.1) is 25.5 Å². The molecule has 9 heteroatoms. The molecule has 0 radical (unpaired) electrons. The third-order valence-electron chi connectivity index (χ3n) is 7.07. The number of likely N-dealkylation sites (tertiary alicyclic amines) is 1. The number of esters is 1. The molecule has 0 saturated carbocycles. The van der Waals surface area contributed by atoms with E-state index in [1.165, 1.54) is 6.92 Å². The van der Waals surface area contributed by atoms with Crippen molar-refractivity contribution in [2.45, 2.75) is 66.3 Å². The molecule has 2 amide bonds. The Morgan fingerprint density at radius 2 is 1.67 bits per heavy atom. The third kappa shape index (κ3) is 6.34. The second-order valence-electron chi connectivity index (χ2n) is 9.30. The molecule has 33 heavy (non-hydrogen) atoms. The number of ether oxygens (including phenoxy) is 2. The molecule has 0 unspecified atom stereocenters. The number of nitrogens with zero attached hydrogens (tertiary/aromatic N) is 4. The molecule has 1 aromatic rings. The first-order chi connectivity index (χ1) is 15.7. The maximum atomic E-state index is 12.9. The van der Waals surface area contributed by atoms with Crippen molar-refractivity contribution in [2.24, 2.45) is 5.41 Å². The summed E-state index contributed by atoms with van der Waals surface area (Å²) < 4.78 is 12.7. The lowest BCUT2D eigenvalue weighted by atomic mass is 9.75. The van der Waals surface area contributed by atoms with Gasteiger partial charge in [0.15, 0.2) is 0 Å². The Morgan fingerprint density at radius 1 is 1.03 bits per heavy atom. The van der Waals surface area contributed by atoms with E-state index in [9.17, 15) is 14.4 Å². The summed E-state index contributed by atoms with van der Waals surface area (Å²) in [6.07, 6.45) is 2.75. The summed E-state index contributed by atoms with van der Waals surface area (Å²) in [5.74, 6) is -0.146. The zero-order valence-corrected chi connectivity index (χ0v) is 20.5. The number of aryl methyl sites for hydroxylation is 2. The summed E-state index contributed by atoms with van der Waals surface area (Å²) in [6, 6.07) is 0. The maximum Gasteiger partial charge on any atom is 0.302 e. The normalized spacial score (nSPS) is 18.3. The van der Waals surface area contributed by atoms with E-state index in [1.54, 1.807) is 0 Å². The van der Waals surface area contributed by atoms with Crippen LogP contribution in [0.5, 0.6) is 0 Å². The lowest BCUT2D eigenvalue weighted by molar-refractivity contribution is -0.152. The van der Waals surface area contributed by atoms with Gasteiger partial charge in [0, 0.05) is 63.6 Å². The first-order valence-corrected chi connectivity index (χ1v) is 12.0. The van der Waals surface area contributed by atoms with Crippen molar-refractivity contribution in [3.8, 4) is 0 Å². The predicted octanol–water partition coefficient (Wildman–Crippen LogP) is 1.87. The fraction of sp³-hybridized carbons (Fsp3) is 0.750. The van der Waals surface area contributed by atoms with Crippen molar-refractivity contribution in [2.75, 3.05) is 46.0 Å². The molecule has 0 aliphatic carbocycles. The number of carbonyl (C=O) groups excluding carboxylic acids is 3. The number of hydrogen-bond acceptors (Lipinski definition) is 6. The van der Waals surface area contributed by atoms with E-state index < -0.39 is 5.41 Å². The van der Waals surface area contributed by atoms with E-state index in [2.05, 4.69) is 18.9 Å². The van der Waals surface area contributed by atoms with Crippen molar-refractivity contribution in [3.05, 3.63) is 17.0 Å². The minimum atomic E-state index is -0.423. The smallest absolute Gasteiger partial charge is 0.302 e. The van der Waals surface area contributed by atoms with E-state index in [0.717, 1.165) is 23.5 Å². The van der Waals surface area contributed by atoms with Gasteiger partial charge in [0.25, 0.3) is 0 Å². The number of aromatic nitrogens is 2. The molecule has 2 aliphatic heterocycles. The molecule has 1 aromatic heterocycles. The van der Waals surface area contributed by atoms with Crippen molar-refractivity contribution >= 4 is 17.8 Å². The number of morpholine rings is 1. The SMILES string of the molecule is CCn1nc(C)c(CCC(=O)N2CCC(COC(C)=O)(CC(=O)N3CCOCC3)CC2)c1C. The Hall–Kier alpha value is -2.42. The zero-order valence-electron chi connectivity index (χ0n) is 20.5. The summed E-state index contributed by atoms with van der Waals surface area (Å²) in [6.45, 7) is 12.0. The van der Waals surface area contributed by atoms with Crippen LogP contribution in [0.4, 0.5) is 0 Å². The topological polar surface area (TPSA) is 94.0 Å². The zero-order chi connectivity index (χ0) is 24.0. The molecule has 0 spiro atoms. The van der Waals surface area contributed by atoms with E-state index in [1.807, 2.05) is 21.4 Å². The van der Waals surface area contributed by atoms with Crippen LogP contribution in [0, 0.1) is 19.3 Å². The van der Waals surface area contributed by atoms with Crippen LogP contribution in [0.25, 0.3) is 0 Å². The lowest BCUT2D eigenvalue weighted by Crippen LogP contribution is -2.49. The Labute approximate surface area is 196 Å². The number of carbonyl (C=O) groups is 3. The van der Waals surface area contributed by atoms with Gasteiger partial charge >= 0.3 is 5.97 Å². The molecular formula is C24H38N4O5. The second kappa shape index (κ2) is 11.1. The molecule has 184 valence electrons. The molecular weight excluding hydrogens is 424 g/mol. The van der Waals surface area contributed by atoms with Crippen LogP contribution < -0.4 is 0 Å². The fourth-order valence-corrected chi connectivity index (χ4v) is 4.90. The molecule has 0 bridgehead atoms. The van der Waals surface area contributed by atoms with Gasteiger partial charge in [-0.1, -0.05) is 0 Å². The summed E-state index contributed by atoms with van der Waals surface area (Å²) in [5, 5.41) is 4.55. The molecule has 0 atom stereocenters. The standard InChI is InChI=1S/C24H38N4O5/c1-5-28-19(3)21(18(2)25-28)6-7-22(30)26-10-8-24(9-11-26,17-33-20(4)29)16-23(31)27-12-14-32-15-13-27/h5-17H2,1-4H3. The minimum Gasteiger partial charge on any atom is -0.465 e. The quantitative estimate of drug-likeness (QED) is 0.548. The molecule has 3 rings (SSSR count). The first-order valence-electron chi connectivity index (χ1n) is 12.0. The van der Waals surface area contributed by atoms with Crippen LogP contribution in [-0.4, -0.2) is 83.4 Å². The van der Waals surface area contributed by atoms with Crippen LogP contribution in [0.2, 0.25) is 0 Å². The van der Waals surface area contributed by atoms with Gasteiger partial charge in [-0.05, 0) is 45.6 Å². The van der Waals surface area contributed by atoms with Crippen molar-refractivity contribution in [1.82, 2.24) is 19.6 Å². The van der Waals surface area contributed by atoms with Crippen molar-refractivity contribution < 1.29 is 23.9 Å². The molecule has 2 saturated heterocycles. The Kier molecular flexibility index (Phi) is 8.51. The molecule has 9 nitrogen and oxygen atoms in total. The highest BCUT2D eigenvalue weighted by Gasteiger charge is 2.40. The van der Waals surface area contributed by atoms with Gasteiger partial charge in [-0.25, -0.2) is 0 Å². The number of piperidine rings is 1. The largest absolute Gasteiger partial charge is 0.465 e. The Morgan fingerprint density at radius 3 is 2.24 bits per heavy atom. The van der Waals surface area contributed by atoms with Crippen molar-refractivity contribution in [3.63, 3.8) is 0 Å². The minimum absolute atomic E-state index is 0.0733. The fourth-order valence-electron chi connectivity index (χ4n) is 4.90. The number of amides is 2. The summed E-state index contributed by atoms with van der Waals surface area (Å²) >= 11 is 0. The van der Waals surface area contributed by atoms with Gasteiger partial charge in [-0.2, -0.15) is 5.10 Å². The number of rotatable bonds is 8. The second-order valence-corrected chi connectivity index (χ2v) is 9.30. The molecule has 2 fully saturated rings. The van der Waals surface area contributed by atoms with Crippen LogP contribution in [0.3, 0.4) is 0 Å². The molecule has 0 aromatic carbocycles. The third-order valence-corrected chi connectivity index (χ3v) is 7.07. The Bertz CT molecular complexity index is 851. The molecule has 3 heterocycles. The van der Waals surface area contributed by atoms with Crippen LogP contribution >= 0.6 is 0 Å². The monoisotopic (exact) mass is 462 g/mol.